The van der Waals surface area contributed by atoms with Gasteiger partial charge in [-0.15, -0.1) is 0 Å². The third kappa shape index (κ3) is 2.16. The lowest BCUT2D eigenvalue weighted by molar-refractivity contribution is -0.146. The van der Waals surface area contributed by atoms with Crippen LogP contribution in [0.25, 0.3) is 0 Å². The van der Waals surface area contributed by atoms with Crippen molar-refractivity contribution >= 4 is 5.97 Å². The lowest BCUT2D eigenvalue weighted by Crippen LogP contribution is -2.42. The van der Waals surface area contributed by atoms with Crippen LogP contribution < -0.4 is 5.32 Å². The molecule has 0 amide bonds. The fourth-order valence-electron chi connectivity index (χ4n) is 2.41. The standard InChI is InChI=1S/C11H20N2O2/c1-7-10(11(14)15-3)9(6-13(7)2)12-8-4-5-8/h7-10,12H,4-6H2,1-3H3. The molecular weight excluding hydrogens is 192 g/mol. The zero-order valence-corrected chi connectivity index (χ0v) is 9.69. The Bertz CT molecular complexity index is 251. The summed E-state index contributed by atoms with van der Waals surface area (Å²) in [6.45, 7) is 3.04. The van der Waals surface area contributed by atoms with Gasteiger partial charge in [0.05, 0.1) is 13.0 Å². The highest BCUT2D eigenvalue weighted by Gasteiger charge is 2.44. The third-order valence-electron chi connectivity index (χ3n) is 3.63. The highest BCUT2D eigenvalue weighted by molar-refractivity contribution is 5.74. The van der Waals surface area contributed by atoms with Gasteiger partial charge < -0.3 is 15.0 Å². The first-order valence-corrected chi connectivity index (χ1v) is 5.67. The molecule has 2 fully saturated rings. The number of nitrogens with zero attached hydrogens (tertiary/aromatic N) is 1. The first-order chi connectivity index (χ1) is 7.13. The number of esters is 1. The smallest absolute Gasteiger partial charge is 0.311 e. The van der Waals surface area contributed by atoms with E-state index in [0.717, 1.165) is 6.54 Å². The van der Waals surface area contributed by atoms with Crippen LogP contribution in [-0.4, -0.2) is 49.7 Å². The average molecular weight is 212 g/mol. The number of carbonyl (C=O) groups is 1. The van der Waals surface area contributed by atoms with Crippen LogP contribution in [0.3, 0.4) is 0 Å². The number of nitrogens with one attached hydrogen (secondary N) is 1. The second kappa shape index (κ2) is 4.10. The molecule has 1 saturated heterocycles. The Morgan fingerprint density at radius 1 is 1.47 bits per heavy atom. The Hall–Kier alpha value is -0.610. The van der Waals surface area contributed by atoms with Crippen molar-refractivity contribution in [1.82, 2.24) is 10.2 Å². The molecule has 0 spiro atoms. The van der Waals surface area contributed by atoms with Gasteiger partial charge in [-0.3, -0.25) is 4.79 Å². The molecule has 15 heavy (non-hydrogen) atoms. The number of likely N-dealkylation sites (N-methyl/N-ethyl adjacent to an activating group) is 1. The molecule has 0 aromatic carbocycles. The highest BCUT2D eigenvalue weighted by Crippen LogP contribution is 2.28. The maximum absolute atomic E-state index is 11.7. The van der Waals surface area contributed by atoms with E-state index in [4.69, 9.17) is 4.74 Å². The van der Waals surface area contributed by atoms with E-state index in [-0.39, 0.29) is 24.0 Å². The molecule has 1 N–H and O–H groups in total. The summed E-state index contributed by atoms with van der Waals surface area (Å²) >= 11 is 0. The van der Waals surface area contributed by atoms with Gasteiger partial charge in [-0.2, -0.15) is 0 Å². The summed E-state index contributed by atoms with van der Waals surface area (Å²) in [5, 5.41) is 3.54. The average Bonchev–Trinajstić information content (AvgIpc) is 2.96. The Labute approximate surface area is 91.0 Å². The number of hydrogen-bond acceptors (Lipinski definition) is 4. The van der Waals surface area contributed by atoms with Gasteiger partial charge in [-0.1, -0.05) is 0 Å². The van der Waals surface area contributed by atoms with Crippen LogP contribution in [0, 0.1) is 5.92 Å². The van der Waals surface area contributed by atoms with Crippen LogP contribution in [0.15, 0.2) is 0 Å². The normalized spacial score (nSPS) is 36.9. The Morgan fingerprint density at radius 3 is 2.67 bits per heavy atom. The molecule has 0 radical (unpaired) electrons. The second-order valence-corrected chi connectivity index (χ2v) is 4.78. The minimum atomic E-state index is -0.0787. The summed E-state index contributed by atoms with van der Waals surface area (Å²) in [5.41, 5.74) is 0. The maximum Gasteiger partial charge on any atom is 0.311 e. The molecule has 0 aromatic rings. The number of rotatable bonds is 3. The number of carbonyl (C=O) groups excluding carboxylic acids is 1. The molecular formula is C11H20N2O2. The summed E-state index contributed by atoms with van der Waals surface area (Å²) in [5.74, 6) is -0.0920. The Balaban J connectivity index is 2.03. The van der Waals surface area contributed by atoms with Crippen molar-refractivity contribution in [3.63, 3.8) is 0 Å². The van der Waals surface area contributed by atoms with Gasteiger partial charge in [0, 0.05) is 24.7 Å². The van der Waals surface area contributed by atoms with Crippen molar-refractivity contribution in [1.29, 1.82) is 0 Å². The Morgan fingerprint density at radius 2 is 2.13 bits per heavy atom. The predicted octanol–water partition coefficient (Wildman–Crippen LogP) is 0.230. The predicted molar refractivity (Wildman–Crippen MR) is 57.5 cm³/mol. The van der Waals surface area contributed by atoms with E-state index >= 15 is 0 Å². The molecule has 0 bridgehead atoms. The van der Waals surface area contributed by atoms with Gasteiger partial charge in [0.1, 0.15) is 0 Å². The molecule has 1 heterocycles. The zero-order valence-electron chi connectivity index (χ0n) is 9.69. The number of ether oxygens (including phenoxy) is 1. The lowest BCUT2D eigenvalue weighted by atomic mass is 9.97. The van der Waals surface area contributed by atoms with Crippen LogP contribution in [0.2, 0.25) is 0 Å². The molecule has 1 saturated carbocycles. The molecule has 3 atom stereocenters. The molecule has 1 aliphatic heterocycles. The molecule has 1 aliphatic carbocycles. The lowest BCUT2D eigenvalue weighted by Gasteiger charge is -2.21. The topological polar surface area (TPSA) is 41.6 Å². The fourth-order valence-corrected chi connectivity index (χ4v) is 2.41. The van der Waals surface area contributed by atoms with Crippen LogP contribution in [-0.2, 0) is 9.53 Å². The molecule has 2 rings (SSSR count). The first-order valence-electron chi connectivity index (χ1n) is 5.67. The second-order valence-electron chi connectivity index (χ2n) is 4.78. The SMILES string of the molecule is COC(=O)C1C(NC2CC2)CN(C)C1C. The fraction of sp³-hybridized carbons (Fsp3) is 0.909. The largest absolute Gasteiger partial charge is 0.469 e. The molecule has 4 nitrogen and oxygen atoms in total. The molecule has 4 heteroatoms. The number of hydrogen-bond donors (Lipinski definition) is 1. The maximum atomic E-state index is 11.7. The van der Waals surface area contributed by atoms with E-state index in [1.165, 1.54) is 20.0 Å². The van der Waals surface area contributed by atoms with Gasteiger partial charge in [0.15, 0.2) is 0 Å². The third-order valence-corrected chi connectivity index (χ3v) is 3.63. The van der Waals surface area contributed by atoms with Crippen LogP contribution in [0.1, 0.15) is 19.8 Å². The molecule has 3 unspecified atom stereocenters. The van der Waals surface area contributed by atoms with Crippen molar-refractivity contribution in [2.45, 2.75) is 37.9 Å². The molecule has 2 aliphatic rings. The number of methoxy groups -OCH3 is 1. The zero-order chi connectivity index (χ0) is 11.0. The van der Waals surface area contributed by atoms with Crippen molar-refractivity contribution in [2.75, 3.05) is 20.7 Å². The van der Waals surface area contributed by atoms with Gasteiger partial charge in [0.25, 0.3) is 0 Å². The van der Waals surface area contributed by atoms with E-state index in [1.807, 2.05) is 0 Å². The summed E-state index contributed by atoms with van der Waals surface area (Å²) < 4.78 is 4.88. The highest BCUT2D eigenvalue weighted by atomic mass is 16.5. The van der Waals surface area contributed by atoms with Gasteiger partial charge >= 0.3 is 5.97 Å². The minimum absolute atomic E-state index is 0.0133. The first kappa shape index (κ1) is 10.9. The van der Waals surface area contributed by atoms with Crippen molar-refractivity contribution in [3.8, 4) is 0 Å². The van der Waals surface area contributed by atoms with E-state index in [0.29, 0.717) is 6.04 Å². The monoisotopic (exact) mass is 212 g/mol. The molecule has 0 aromatic heterocycles. The van der Waals surface area contributed by atoms with Crippen LogP contribution in [0.4, 0.5) is 0 Å². The van der Waals surface area contributed by atoms with E-state index in [1.54, 1.807) is 0 Å². The number of likely N-dealkylation sites (tertiary alicyclic amines) is 1. The van der Waals surface area contributed by atoms with E-state index in [9.17, 15) is 4.79 Å². The summed E-state index contributed by atoms with van der Waals surface area (Å²) in [6, 6.07) is 1.18. The van der Waals surface area contributed by atoms with E-state index < -0.39 is 0 Å². The molecule has 86 valence electrons. The minimum Gasteiger partial charge on any atom is -0.469 e. The quantitative estimate of drug-likeness (QED) is 0.680. The van der Waals surface area contributed by atoms with Crippen molar-refractivity contribution in [3.05, 3.63) is 0 Å². The van der Waals surface area contributed by atoms with Crippen molar-refractivity contribution < 1.29 is 9.53 Å². The summed E-state index contributed by atoms with van der Waals surface area (Å²) in [4.78, 5) is 13.9. The van der Waals surface area contributed by atoms with Gasteiger partial charge in [0.2, 0.25) is 0 Å². The summed E-state index contributed by atoms with van der Waals surface area (Å²) in [6.07, 6.45) is 2.50. The van der Waals surface area contributed by atoms with Crippen LogP contribution >= 0.6 is 0 Å². The van der Waals surface area contributed by atoms with Crippen molar-refractivity contribution in [2.24, 2.45) is 5.92 Å². The van der Waals surface area contributed by atoms with Gasteiger partial charge in [-0.05, 0) is 26.8 Å². The van der Waals surface area contributed by atoms with Gasteiger partial charge in [-0.25, -0.2) is 0 Å². The van der Waals surface area contributed by atoms with Crippen LogP contribution in [0.5, 0.6) is 0 Å². The summed E-state index contributed by atoms with van der Waals surface area (Å²) in [7, 11) is 3.54. The van der Waals surface area contributed by atoms with E-state index in [2.05, 4.69) is 24.2 Å². The Kier molecular flexibility index (Phi) is 2.98.